The average Bonchev–Trinajstić information content (AvgIpc) is 3.36. The Kier molecular flexibility index (Phi) is 3.81. The van der Waals surface area contributed by atoms with Crippen LogP contribution in [-0.4, -0.2) is 54.2 Å². The Labute approximate surface area is 144 Å². The highest BCUT2D eigenvalue weighted by Gasteiger charge is 2.41. The van der Waals surface area contributed by atoms with E-state index >= 15 is 0 Å². The van der Waals surface area contributed by atoms with Crippen molar-refractivity contribution in [2.75, 3.05) is 13.1 Å². The summed E-state index contributed by atoms with van der Waals surface area (Å²) in [5, 5.41) is 25.1. The lowest BCUT2D eigenvalue weighted by Gasteiger charge is -2.20. The van der Waals surface area contributed by atoms with Gasteiger partial charge in [0, 0.05) is 19.2 Å². The van der Waals surface area contributed by atoms with Crippen LogP contribution in [0.4, 0.5) is 0 Å². The molecule has 1 aliphatic rings. The van der Waals surface area contributed by atoms with E-state index in [0.717, 1.165) is 11.3 Å². The van der Waals surface area contributed by atoms with Crippen LogP contribution < -0.4 is 0 Å². The zero-order valence-corrected chi connectivity index (χ0v) is 13.5. The van der Waals surface area contributed by atoms with Gasteiger partial charge in [0.1, 0.15) is 11.3 Å². The molecular formula is C17H18N6O2. The molecule has 0 bridgehead atoms. The van der Waals surface area contributed by atoms with Crippen molar-refractivity contribution in [3.63, 3.8) is 0 Å². The van der Waals surface area contributed by atoms with E-state index in [1.165, 1.54) is 6.20 Å². The third kappa shape index (κ3) is 3.03. The highest BCUT2D eigenvalue weighted by molar-refractivity contribution is 5.79. The molecule has 1 atom stereocenters. The fourth-order valence-electron chi connectivity index (χ4n) is 3.10. The first-order valence-electron chi connectivity index (χ1n) is 8.09. The number of hydrogen-bond donors (Lipinski definition) is 2. The smallest absolute Gasteiger partial charge is 0.227 e. The maximum atomic E-state index is 12.6. The van der Waals surface area contributed by atoms with Crippen LogP contribution in [0.2, 0.25) is 0 Å². The van der Waals surface area contributed by atoms with E-state index in [2.05, 4.69) is 20.5 Å². The number of nitrogens with zero attached hydrogens (tertiary/aromatic N) is 5. The third-order valence-electron chi connectivity index (χ3n) is 4.50. The van der Waals surface area contributed by atoms with Gasteiger partial charge in [-0.2, -0.15) is 20.5 Å². The van der Waals surface area contributed by atoms with E-state index in [9.17, 15) is 9.90 Å². The Morgan fingerprint density at radius 2 is 2.12 bits per heavy atom. The lowest BCUT2D eigenvalue weighted by atomic mass is 10.00. The SMILES string of the molecule is O=C(Cc1cnn(-c2ccccc2)c1)N1CC[C@](O)(c2cn[nH]n2)C1. The van der Waals surface area contributed by atoms with Crippen molar-refractivity contribution in [1.29, 1.82) is 0 Å². The summed E-state index contributed by atoms with van der Waals surface area (Å²) in [6.45, 7) is 0.722. The summed E-state index contributed by atoms with van der Waals surface area (Å²) in [6.07, 6.45) is 5.76. The minimum Gasteiger partial charge on any atom is -0.381 e. The number of benzene rings is 1. The second kappa shape index (κ2) is 6.14. The summed E-state index contributed by atoms with van der Waals surface area (Å²) < 4.78 is 1.75. The van der Waals surface area contributed by atoms with Gasteiger partial charge in [0.2, 0.25) is 5.91 Å². The number of aliphatic hydroxyl groups is 1. The maximum Gasteiger partial charge on any atom is 0.227 e. The summed E-state index contributed by atoms with van der Waals surface area (Å²) in [4.78, 5) is 14.2. The summed E-state index contributed by atoms with van der Waals surface area (Å²) in [7, 11) is 0. The molecule has 1 aromatic carbocycles. The second-order valence-corrected chi connectivity index (χ2v) is 6.26. The number of aromatic nitrogens is 5. The molecule has 0 aliphatic carbocycles. The predicted octanol–water partition coefficient (Wildman–Crippen LogP) is 0.653. The summed E-state index contributed by atoms with van der Waals surface area (Å²) in [6, 6.07) is 9.74. The molecule has 8 nitrogen and oxygen atoms in total. The molecule has 0 unspecified atom stereocenters. The molecule has 1 saturated heterocycles. The Morgan fingerprint density at radius 3 is 2.88 bits per heavy atom. The second-order valence-electron chi connectivity index (χ2n) is 6.26. The number of amides is 1. The first kappa shape index (κ1) is 15.5. The van der Waals surface area contributed by atoms with Gasteiger partial charge in [-0.05, 0) is 17.7 Å². The van der Waals surface area contributed by atoms with Crippen LogP contribution in [0, 0.1) is 0 Å². The van der Waals surface area contributed by atoms with Gasteiger partial charge in [0.05, 0.1) is 31.0 Å². The number of para-hydroxylation sites is 1. The minimum absolute atomic E-state index is 0.0352. The molecule has 4 rings (SSSR count). The Bertz CT molecular complexity index is 860. The van der Waals surface area contributed by atoms with Crippen LogP contribution in [0.3, 0.4) is 0 Å². The molecule has 8 heteroatoms. The van der Waals surface area contributed by atoms with Gasteiger partial charge < -0.3 is 10.0 Å². The zero-order valence-electron chi connectivity index (χ0n) is 13.5. The van der Waals surface area contributed by atoms with Crippen molar-refractivity contribution in [3.8, 4) is 5.69 Å². The average molecular weight is 338 g/mol. The van der Waals surface area contributed by atoms with Crippen molar-refractivity contribution in [3.05, 3.63) is 60.2 Å². The van der Waals surface area contributed by atoms with Crippen LogP contribution in [-0.2, 0) is 16.8 Å². The van der Waals surface area contributed by atoms with Crippen LogP contribution in [0.25, 0.3) is 5.69 Å². The van der Waals surface area contributed by atoms with Gasteiger partial charge in [0.15, 0.2) is 0 Å². The highest BCUT2D eigenvalue weighted by Crippen LogP contribution is 2.30. The lowest BCUT2D eigenvalue weighted by molar-refractivity contribution is -0.130. The number of β-amino-alcohol motifs (C(OH)–C–C–N with tert-alkyl or cyclic N) is 1. The molecule has 0 spiro atoms. The van der Waals surface area contributed by atoms with Gasteiger partial charge in [-0.25, -0.2) is 4.68 Å². The summed E-state index contributed by atoms with van der Waals surface area (Å²) >= 11 is 0. The van der Waals surface area contributed by atoms with Crippen molar-refractivity contribution in [2.24, 2.45) is 0 Å². The quantitative estimate of drug-likeness (QED) is 0.728. The Morgan fingerprint density at radius 1 is 1.28 bits per heavy atom. The van der Waals surface area contributed by atoms with Gasteiger partial charge in [0.25, 0.3) is 0 Å². The third-order valence-corrected chi connectivity index (χ3v) is 4.50. The van der Waals surface area contributed by atoms with E-state index in [0.29, 0.717) is 18.7 Å². The fourth-order valence-corrected chi connectivity index (χ4v) is 3.10. The maximum absolute atomic E-state index is 12.6. The largest absolute Gasteiger partial charge is 0.381 e. The topological polar surface area (TPSA) is 99.9 Å². The minimum atomic E-state index is -1.13. The summed E-state index contributed by atoms with van der Waals surface area (Å²) in [5.41, 5.74) is 1.13. The van der Waals surface area contributed by atoms with E-state index < -0.39 is 5.60 Å². The molecule has 0 saturated carbocycles. The zero-order chi connectivity index (χ0) is 17.3. The van der Waals surface area contributed by atoms with Crippen LogP contribution in [0.1, 0.15) is 17.7 Å². The normalized spacial score (nSPS) is 20.1. The highest BCUT2D eigenvalue weighted by atomic mass is 16.3. The number of likely N-dealkylation sites (tertiary alicyclic amines) is 1. The number of carbonyl (C=O) groups excluding carboxylic acids is 1. The molecule has 2 aromatic heterocycles. The first-order valence-corrected chi connectivity index (χ1v) is 8.09. The number of aromatic amines is 1. The van der Waals surface area contributed by atoms with Crippen LogP contribution >= 0.6 is 0 Å². The van der Waals surface area contributed by atoms with E-state index in [1.807, 2.05) is 36.5 Å². The molecular weight excluding hydrogens is 320 g/mol. The fraction of sp³-hybridized carbons (Fsp3) is 0.294. The molecule has 2 N–H and O–H groups in total. The number of hydrogen-bond acceptors (Lipinski definition) is 5. The standard InChI is InChI=1S/C17H18N6O2/c24-16(22-7-6-17(25,12-22)15-10-18-21-20-15)8-13-9-19-23(11-13)14-4-2-1-3-5-14/h1-5,9-11,25H,6-8,12H2,(H,18,20,21)/t17-/m1/s1. The predicted molar refractivity (Wildman–Crippen MR) is 88.7 cm³/mol. The number of rotatable bonds is 4. The molecule has 1 amide bonds. The molecule has 1 aliphatic heterocycles. The summed E-state index contributed by atoms with van der Waals surface area (Å²) in [5.74, 6) is -0.0352. The Balaban J connectivity index is 1.42. The molecule has 3 aromatic rings. The number of carbonyl (C=O) groups is 1. The van der Waals surface area contributed by atoms with Gasteiger partial charge in [-0.3, -0.25) is 4.79 Å². The Hall–Kier alpha value is -3.00. The van der Waals surface area contributed by atoms with Crippen molar-refractivity contribution in [1.82, 2.24) is 30.1 Å². The van der Waals surface area contributed by atoms with E-state index in [4.69, 9.17) is 0 Å². The number of H-pyrrole nitrogens is 1. The van der Waals surface area contributed by atoms with Crippen LogP contribution in [0.15, 0.2) is 48.9 Å². The molecule has 1 fully saturated rings. The van der Waals surface area contributed by atoms with Crippen molar-refractivity contribution < 1.29 is 9.90 Å². The molecule has 25 heavy (non-hydrogen) atoms. The molecule has 0 radical (unpaired) electrons. The molecule has 3 heterocycles. The molecule has 128 valence electrons. The van der Waals surface area contributed by atoms with Crippen molar-refractivity contribution in [2.45, 2.75) is 18.4 Å². The number of nitrogens with one attached hydrogen (secondary N) is 1. The first-order chi connectivity index (χ1) is 12.1. The van der Waals surface area contributed by atoms with Crippen LogP contribution in [0.5, 0.6) is 0 Å². The van der Waals surface area contributed by atoms with E-state index in [-0.39, 0.29) is 18.9 Å². The van der Waals surface area contributed by atoms with Gasteiger partial charge in [-0.15, -0.1) is 0 Å². The van der Waals surface area contributed by atoms with Gasteiger partial charge in [-0.1, -0.05) is 18.2 Å². The van der Waals surface area contributed by atoms with E-state index in [1.54, 1.807) is 15.8 Å². The van der Waals surface area contributed by atoms with Gasteiger partial charge >= 0.3 is 0 Å². The monoisotopic (exact) mass is 338 g/mol. The van der Waals surface area contributed by atoms with Crippen molar-refractivity contribution >= 4 is 5.91 Å². The lowest BCUT2D eigenvalue weighted by Crippen LogP contribution is -2.35.